The Bertz CT molecular complexity index is 839. The van der Waals surface area contributed by atoms with Crippen molar-refractivity contribution in [3.05, 3.63) is 30.4 Å². The molecular weight excluding hydrogens is 336 g/mol. The molecule has 2 aliphatic heterocycles. The second kappa shape index (κ2) is 7.03. The van der Waals surface area contributed by atoms with Crippen molar-refractivity contribution in [3.63, 3.8) is 0 Å². The van der Waals surface area contributed by atoms with Crippen LogP contribution in [0.3, 0.4) is 0 Å². The average Bonchev–Trinajstić information content (AvgIpc) is 3.19. The molecule has 0 atom stereocenters. The number of carbonyl (C=O) groups excluding carboxylic acids is 2. The first-order chi connectivity index (χ1) is 12.7. The number of hydrogen-bond donors (Lipinski definition) is 1. The summed E-state index contributed by atoms with van der Waals surface area (Å²) < 4.78 is 5.35. The van der Waals surface area contributed by atoms with Gasteiger partial charge in [0.1, 0.15) is 5.71 Å². The van der Waals surface area contributed by atoms with E-state index in [4.69, 9.17) is 4.52 Å². The molecule has 2 aromatic heterocycles. The summed E-state index contributed by atoms with van der Waals surface area (Å²) in [6, 6.07) is 3.64. The first-order valence-electron chi connectivity index (χ1n) is 8.59. The Labute approximate surface area is 149 Å². The van der Waals surface area contributed by atoms with E-state index in [1.807, 2.05) is 12.1 Å². The number of rotatable bonds is 3. The molecule has 26 heavy (non-hydrogen) atoms. The van der Waals surface area contributed by atoms with Gasteiger partial charge in [0.05, 0.1) is 0 Å². The van der Waals surface area contributed by atoms with Crippen molar-refractivity contribution >= 4 is 17.5 Å². The van der Waals surface area contributed by atoms with Gasteiger partial charge in [-0.15, -0.1) is 0 Å². The molecule has 0 bridgehead atoms. The fourth-order valence-corrected chi connectivity index (χ4v) is 3.16. The third-order valence-corrected chi connectivity index (χ3v) is 4.67. The normalized spacial score (nSPS) is 18.4. The zero-order chi connectivity index (χ0) is 17.9. The Kier molecular flexibility index (Phi) is 4.42. The molecule has 2 aromatic rings. The van der Waals surface area contributed by atoms with Gasteiger partial charge < -0.3 is 9.42 Å². The van der Waals surface area contributed by atoms with E-state index in [0.717, 1.165) is 18.4 Å². The third kappa shape index (κ3) is 3.32. The lowest BCUT2D eigenvalue weighted by molar-refractivity contribution is -0.125. The number of likely N-dealkylation sites (tertiary alicyclic amines) is 1. The zero-order valence-electron chi connectivity index (χ0n) is 14.1. The predicted octanol–water partition coefficient (Wildman–Crippen LogP) is 1.10. The average molecular weight is 354 g/mol. The van der Waals surface area contributed by atoms with Gasteiger partial charge in [-0.05, 0) is 25.0 Å². The standard InChI is InChI=1S/C17H18N6O3/c24-14-2-1-13(20-21-14)17(25)23-9-5-11(6-10-23)15-19-16(26-22-15)12-3-7-18-8-4-12/h3-4,7-8,11H,1-2,5-6,9-10H2,(H,21,24). The number of pyridine rings is 1. The zero-order valence-corrected chi connectivity index (χ0v) is 14.1. The van der Waals surface area contributed by atoms with E-state index < -0.39 is 0 Å². The largest absolute Gasteiger partial charge is 0.337 e. The van der Waals surface area contributed by atoms with Crippen LogP contribution in [-0.2, 0) is 9.59 Å². The summed E-state index contributed by atoms with van der Waals surface area (Å²) in [6.45, 7) is 1.21. The van der Waals surface area contributed by atoms with Crippen LogP contribution < -0.4 is 5.43 Å². The van der Waals surface area contributed by atoms with Gasteiger partial charge in [-0.25, -0.2) is 5.43 Å². The van der Waals surface area contributed by atoms with Crippen LogP contribution in [0.1, 0.15) is 37.4 Å². The van der Waals surface area contributed by atoms with Crippen LogP contribution in [0, 0.1) is 0 Å². The highest BCUT2D eigenvalue weighted by atomic mass is 16.5. The van der Waals surface area contributed by atoms with Crippen LogP contribution in [0.5, 0.6) is 0 Å². The highest BCUT2D eigenvalue weighted by Crippen LogP contribution is 2.28. The molecule has 0 unspecified atom stereocenters. The molecule has 0 radical (unpaired) electrons. The molecule has 1 fully saturated rings. The smallest absolute Gasteiger partial charge is 0.270 e. The van der Waals surface area contributed by atoms with Gasteiger partial charge in [0, 0.05) is 49.8 Å². The van der Waals surface area contributed by atoms with Gasteiger partial charge in [-0.2, -0.15) is 10.1 Å². The highest BCUT2D eigenvalue weighted by Gasteiger charge is 2.30. The minimum absolute atomic E-state index is 0.103. The molecule has 1 saturated heterocycles. The molecular formula is C17H18N6O3. The van der Waals surface area contributed by atoms with E-state index >= 15 is 0 Å². The van der Waals surface area contributed by atoms with Crippen LogP contribution in [-0.4, -0.2) is 50.6 Å². The topological polar surface area (TPSA) is 114 Å². The van der Waals surface area contributed by atoms with E-state index in [1.54, 1.807) is 17.3 Å². The predicted molar refractivity (Wildman–Crippen MR) is 90.9 cm³/mol. The monoisotopic (exact) mass is 354 g/mol. The second-order valence-corrected chi connectivity index (χ2v) is 6.35. The second-order valence-electron chi connectivity index (χ2n) is 6.35. The lowest BCUT2D eigenvalue weighted by atomic mass is 9.95. The number of piperidine rings is 1. The summed E-state index contributed by atoms with van der Waals surface area (Å²) in [5.41, 5.74) is 3.63. The Balaban J connectivity index is 1.37. The lowest BCUT2D eigenvalue weighted by Gasteiger charge is -2.31. The first kappa shape index (κ1) is 16.4. The summed E-state index contributed by atoms with van der Waals surface area (Å²) in [4.78, 5) is 33.9. The quantitative estimate of drug-likeness (QED) is 0.883. The molecule has 134 valence electrons. The van der Waals surface area contributed by atoms with Crippen molar-refractivity contribution in [1.29, 1.82) is 0 Å². The lowest BCUT2D eigenvalue weighted by Crippen LogP contribution is -2.44. The van der Waals surface area contributed by atoms with Gasteiger partial charge in [-0.3, -0.25) is 14.6 Å². The molecule has 2 amide bonds. The minimum Gasteiger partial charge on any atom is -0.337 e. The van der Waals surface area contributed by atoms with Gasteiger partial charge >= 0.3 is 0 Å². The Morgan fingerprint density at radius 1 is 1.19 bits per heavy atom. The highest BCUT2D eigenvalue weighted by molar-refractivity contribution is 6.39. The molecule has 0 aromatic carbocycles. The number of carbonyl (C=O) groups is 2. The van der Waals surface area contributed by atoms with Gasteiger partial charge in [-0.1, -0.05) is 5.16 Å². The molecule has 9 nitrogen and oxygen atoms in total. The molecule has 0 saturated carbocycles. The maximum atomic E-state index is 12.5. The Hall–Kier alpha value is -3.10. The molecule has 4 heterocycles. The van der Waals surface area contributed by atoms with Gasteiger partial charge in [0.25, 0.3) is 11.8 Å². The van der Waals surface area contributed by atoms with Gasteiger partial charge in [0.2, 0.25) is 5.91 Å². The summed E-state index contributed by atoms with van der Waals surface area (Å²) >= 11 is 0. The molecule has 2 aliphatic rings. The SMILES string of the molecule is O=C1CCC(C(=O)N2CCC(c3noc(-c4ccncc4)n3)CC2)=NN1. The molecule has 9 heteroatoms. The number of nitrogens with one attached hydrogen (secondary N) is 1. The summed E-state index contributed by atoms with van der Waals surface area (Å²) in [5.74, 6) is 1.06. The van der Waals surface area contributed by atoms with E-state index in [9.17, 15) is 9.59 Å². The van der Waals surface area contributed by atoms with Crippen LogP contribution >= 0.6 is 0 Å². The first-order valence-corrected chi connectivity index (χ1v) is 8.59. The maximum absolute atomic E-state index is 12.5. The van der Waals surface area contributed by atoms with Gasteiger partial charge in [0.15, 0.2) is 5.82 Å². The van der Waals surface area contributed by atoms with Crippen molar-refractivity contribution in [2.24, 2.45) is 5.10 Å². The number of aromatic nitrogens is 3. The molecule has 1 N–H and O–H groups in total. The number of hydrazone groups is 1. The van der Waals surface area contributed by atoms with E-state index in [-0.39, 0.29) is 17.7 Å². The van der Waals surface area contributed by atoms with E-state index in [2.05, 4.69) is 25.7 Å². The van der Waals surface area contributed by atoms with E-state index in [1.165, 1.54) is 0 Å². The Morgan fingerprint density at radius 2 is 1.96 bits per heavy atom. The summed E-state index contributed by atoms with van der Waals surface area (Å²) in [5, 5.41) is 7.98. The van der Waals surface area contributed by atoms with Crippen molar-refractivity contribution in [2.75, 3.05) is 13.1 Å². The molecule has 0 aliphatic carbocycles. The number of hydrogen-bond acceptors (Lipinski definition) is 7. The van der Waals surface area contributed by atoms with Crippen molar-refractivity contribution in [2.45, 2.75) is 31.6 Å². The van der Waals surface area contributed by atoms with Crippen molar-refractivity contribution in [1.82, 2.24) is 25.5 Å². The maximum Gasteiger partial charge on any atom is 0.270 e. The van der Waals surface area contributed by atoms with Crippen LogP contribution in [0.4, 0.5) is 0 Å². The molecule has 4 rings (SSSR count). The summed E-state index contributed by atoms with van der Waals surface area (Å²) in [7, 11) is 0. The Morgan fingerprint density at radius 3 is 2.65 bits per heavy atom. The van der Waals surface area contributed by atoms with E-state index in [0.29, 0.717) is 43.4 Å². The van der Waals surface area contributed by atoms with Crippen molar-refractivity contribution < 1.29 is 14.1 Å². The van der Waals surface area contributed by atoms with Crippen LogP contribution in [0.25, 0.3) is 11.5 Å². The summed E-state index contributed by atoms with van der Waals surface area (Å²) in [6.07, 6.45) is 5.59. The fraction of sp³-hybridized carbons (Fsp3) is 0.412. The van der Waals surface area contributed by atoms with Crippen LogP contribution in [0.15, 0.2) is 34.2 Å². The molecule has 0 spiro atoms. The van der Waals surface area contributed by atoms with Crippen LogP contribution in [0.2, 0.25) is 0 Å². The van der Waals surface area contributed by atoms with Crippen molar-refractivity contribution in [3.8, 4) is 11.5 Å². The number of nitrogens with zero attached hydrogens (tertiary/aromatic N) is 5. The minimum atomic E-state index is -0.151. The fourth-order valence-electron chi connectivity index (χ4n) is 3.16. The third-order valence-electron chi connectivity index (χ3n) is 4.67. The number of amides is 2.